The van der Waals surface area contributed by atoms with Crippen LogP contribution in [0.3, 0.4) is 0 Å². The van der Waals surface area contributed by atoms with Crippen LogP contribution in [0, 0.1) is 5.82 Å². The molecule has 10 heteroatoms. The van der Waals surface area contributed by atoms with Gasteiger partial charge in [0, 0.05) is 46.4 Å². The van der Waals surface area contributed by atoms with Gasteiger partial charge in [0.25, 0.3) is 0 Å². The first-order valence-electron chi connectivity index (χ1n) is 11.7. The van der Waals surface area contributed by atoms with Crippen molar-refractivity contribution in [3.05, 3.63) is 57.4 Å². The molecule has 1 saturated carbocycles. The minimum Gasteiger partial charge on any atom is -0.506 e. The van der Waals surface area contributed by atoms with Crippen LogP contribution in [0.4, 0.5) is 4.39 Å². The minimum absolute atomic E-state index is 0.00530. The Morgan fingerprint density at radius 2 is 1.94 bits per heavy atom. The highest BCUT2D eigenvalue weighted by Crippen LogP contribution is 2.47. The number of hydrogen-bond donors (Lipinski definition) is 1. The minimum atomic E-state index is -1.55. The molecule has 0 amide bonds. The molecular formula is C26H25BrFN3O4S. The summed E-state index contributed by atoms with van der Waals surface area (Å²) in [5.74, 6) is -0.910. The van der Waals surface area contributed by atoms with Crippen LogP contribution >= 0.6 is 15.9 Å². The number of aliphatic imine (C=N–C) groups is 2. The third-order valence-electron chi connectivity index (χ3n) is 6.44. The van der Waals surface area contributed by atoms with Crippen molar-refractivity contribution in [1.82, 2.24) is 4.57 Å². The molecule has 1 atom stereocenters. The first-order chi connectivity index (χ1) is 17.2. The smallest absolute Gasteiger partial charge is 0.340 e. The summed E-state index contributed by atoms with van der Waals surface area (Å²) in [7, 11) is -1.55. The molecule has 2 aliphatic rings. The molecule has 0 saturated heterocycles. The zero-order chi connectivity index (χ0) is 25.6. The summed E-state index contributed by atoms with van der Waals surface area (Å²) in [5.41, 5.74) is 1.32. The lowest BCUT2D eigenvalue weighted by atomic mass is 9.95. The third-order valence-corrected chi connectivity index (χ3v) is 8.38. The van der Waals surface area contributed by atoms with Gasteiger partial charge in [-0.1, -0.05) is 0 Å². The van der Waals surface area contributed by atoms with Gasteiger partial charge in [-0.15, -0.1) is 0 Å². The summed E-state index contributed by atoms with van der Waals surface area (Å²) in [6, 6.07) is 7.45. The number of ether oxygens (including phenoxy) is 1. The van der Waals surface area contributed by atoms with Crippen molar-refractivity contribution < 1.29 is 23.2 Å². The molecule has 1 unspecified atom stereocenters. The molecule has 1 fully saturated rings. The number of hydrogen-bond acceptors (Lipinski definition) is 6. The van der Waals surface area contributed by atoms with E-state index in [0.717, 1.165) is 18.4 Å². The van der Waals surface area contributed by atoms with Gasteiger partial charge in [-0.05, 0) is 73.0 Å². The lowest BCUT2D eigenvalue weighted by molar-refractivity contribution is 0.0527. The number of aromatic hydroxyl groups is 1. The molecule has 3 aromatic rings. The number of phenolic OH excluding ortho intramolecular Hbond substituents is 1. The first-order valence-corrected chi connectivity index (χ1v) is 13.8. The summed E-state index contributed by atoms with van der Waals surface area (Å²) in [6.45, 7) is 3.75. The monoisotopic (exact) mass is 573 g/mol. The molecular weight excluding hydrogens is 549 g/mol. The Morgan fingerprint density at radius 1 is 1.28 bits per heavy atom. The summed E-state index contributed by atoms with van der Waals surface area (Å²) in [4.78, 5) is 22.8. The Balaban J connectivity index is 1.75. The predicted molar refractivity (Wildman–Crippen MR) is 141 cm³/mol. The number of fused-ring (bicyclic) bond motifs is 1. The molecule has 5 rings (SSSR count). The first kappa shape index (κ1) is 24.8. The standard InChI is InChI=1S/C26H25BrFN3O4S/c1-3-35-25(33)23-21(14-36(34)17-8-4-15(28)5-9-17)31(16-6-7-16)20-12-19(27)24(32)18(22(20)23)13-26(2)29-10-11-30-26/h4-5,8-12,16,32H,3,6-7,13-14H2,1-2H3. The number of aromatic nitrogens is 1. The van der Waals surface area contributed by atoms with Crippen LogP contribution in [0.1, 0.15) is 54.3 Å². The van der Waals surface area contributed by atoms with Gasteiger partial charge in [0.1, 0.15) is 11.6 Å². The second kappa shape index (κ2) is 9.55. The Bertz CT molecular complexity index is 1430. The molecule has 0 radical (unpaired) electrons. The summed E-state index contributed by atoms with van der Waals surface area (Å²) in [6.07, 6.45) is 5.32. The topological polar surface area (TPSA) is 93.2 Å². The number of esters is 1. The summed E-state index contributed by atoms with van der Waals surface area (Å²) < 4.78 is 34.9. The predicted octanol–water partition coefficient (Wildman–Crippen LogP) is 5.48. The molecule has 0 spiro atoms. The fraction of sp³-hybridized carbons (Fsp3) is 0.346. The molecule has 1 aliphatic heterocycles. The van der Waals surface area contributed by atoms with Gasteiger partial charge in [-0.3, -0.25) is 14.2 Å². The molecule has 1 N–H and O–H groups in total. The van der Waals surface area contributed by atoms with Gasteiger partial charge in [0.2, 0.25) is 0 Å². The van der Waals surface area contributed by atoms with E-state index >= 15 is 0 Å². The number of benzene rings is 2. The highest BCUT2D eigenvalue weighted by atomic mass is 79.9. The maximum Gasteiger partial charge on any atom is 0.340 e. The Labute approximate surface area is 218 Å². The van der Waals surface area contributed by atoms with E-state index in [0.29, 0.717) is 31.6 Å². The molecule has 2 aromatic carbocycles. The molecule has 1 aliphatic carbocycles. The van der Waals surface area contributed by atoms with Crippen LogP contribution in [0.5, 0.6) is 5.75 Å². The van der Waals surface area contributed by atoms with E-state index in [1.165, 1.54) is 24.3 Å². The molecule has 36 heavy (non-hydrogen) atoms. The molecule has 2 heterocycles. The quantitative estimate of drug-likeness (QED) is 0.361. The van der Waals surface area contributed by atoms with Crippen LogP contribution in [-0.4, -0.2) is 44.6 Å². The van der Waals surface area contributed by atoms with Crippen molar-refractivity contribution >= 4 is 56.0 Å². The maximum absolute atomic E-state index is 13.5. The summed E-state index contributed by atoms with van der Waals surface area (Å²) in [5, 5.41) is 11.7. The number of carbonyl (C=O) groups excluding carboxylic acids is 1. The van der Waals surface area contributed by atoms with Crippen LogP contribution in [0.2, 0.25) is 0 Å². The number of halogens is 2. The fourth-order valence-electron chi connectivity index (χ4n) is 4.68. The van der Waals surface area contributed by atoms with Crippen LogP contribution in [0.25, 0.3) is 10.9 Å². The van der Waals surface area contributed by atoms with Gasteiger partial charge in [0.15, 0.2) is 5.66 Å². The van der Waals surface area contributed by atoms with E-state index in [-0.39, 0.29) is 30.6 Å². The van der Waals surface area contributed by atoms with E-state index in [1.807, 2.05) is 6.92 Å². The molecule has 0 bridgehead atoms. The van der Waals surface area contributed by atoms with Crippen molar-refractivity contribution in [2.24, 2.45) is 9.98 Å². The average molecular weight is 574 g/mol. The second-order valence-corrected chi connectivity index (χ2v) is 11.4. The second-order valence-electron chi connectivity index (χ2n) is 9.12. The van der Waals surface area contributed by atoms with Gasteiger partial charge >= 0.3 is 5.97 Å². The van der Waals surface area contributed by atoms with Gasteiger partial charge in [-0.25, -0.2) is 9.18 Å². The fourth-order valence-corrected chi connectivity index (χ4v) is 6.28. The number of carbonyl (C=O) groups is 1. The van der Waals surface area contributed by atoms with E-state index in [2.05, 4.69) is 30.5 Å². The number of rotatable bonds is 8. The highest BCUT2D eigenvalue weighted by Gasteiger charge is 2.37. The summed E-state index contributed by atoms with van der Waals surface area (Å²) >= 11 is 3.48. The Kier molecular flexibility index (Phi) is 6.59. The molecule has 1 aromatic heterocycles. The lowest BCUT2D eigenvalue weighted by Crippen LogP contribution is -2.20. The van der Waals surface area contributed by atoms with E-state index in [4.69, 9.17) is 4.74 Å². The van der Waals surface area contributed by atoms with Crippen molar-refractivity contribution in [1.29, 1.82) is 0 Å². The van der Waals surface area contributed by atoms with E-state index < -0.39 is 28.2 Å². The van der Waals surface area contributed by atoms with Gasteiger partial charge < -0.3 is 14.4 Å². The van der Waals surface area contributed by atoms with Crippen LogP contribution in [0.15, 0.2) is 49.7 Å². The zero-order valence-electron chi connectivity index (χ0n) is 19.8. The van der Waals surface area contributed by atoms with E-state index in [1.54, 1.807) is 25.4 Å². The molecule has 188 valence electrons. The van der Waals surface area contributed by atoms with Crippen molar-refractivity contribution in [3.63, 3.8) is 0 Å². The Morgan fingerprint density at radius 3 is 2.56 bits per heavy atom. The van der Waals surface area contributed by atoms with Crippen molar-refractivity contribution in [3.8, 4) is 5.75 Å². The SMILES string of the molecule is CCOC(=O)c1c(CS(=O)c2ccc(F)cc2)n(C2CC2)c2cc(Br)c(O)c(CC3(C)N=CC=N3)c12. The Hall–Kier alpha value is -2.85. The third kappa shape index (κ3) is 4.52. The highest BCUT2D eigenvalue weighted by molar-refractivity contribution is 9.10. The van der Waals surface area contributed by atoms with Crippen LogP contribution in [-0.2, 0) is 27.7 Å². The largest absolute Gasteiger partial charge is 0.506 e. The van der Waals surface area contributed by atoms with Crippen molar-refractivity contribution in [2.45, 2.75) is 55.5 Å². The van der Waals surface area contributed by atoms with Crippen molar-refractivity contribution in [2.75, 3.05) is 6.61 Å². The normalized spacial score (nSPS) is 17.1. The van der Waals surface area contributed by atoms with Crippen LogP contribution < -0.4 is 0 Å². The number of nitrogens with zero attached hydrogens (tertiary/aromatic N) is 3. The van der Waals surface area contributed by atoms with Gasteiger partial charge in [-0.2, -0.15) is 0 Å². The van der Waals surface area contributed by atoms with E-state index in [9.17, 15) is 18.5 Å². The maximum atomic E-state index is 13.5. The van der Waals surface area contributed by atoms with Gasteiger partial charge in [0.05, 0.1) is 38.7 Å². The number of phenols is 1. The average Bonchev–Trinajstić information content (AvgIpc) is 3.51. The lowest BCUT2D eigenvalue weighted by Gasteiger charge is -2.20. The zero-order valence-corrected chi connectivity index (χ0v) is 22.2. The molecule has 7 nitrogen and oxygen atoms in total.